The molecule has 0 radical (unpaired) electrons. The molecular weight excluding hydrogens is 260 g/mol. The Bertz CT molecular complexity index is 703. The fourth-order valence-electron chi connectivity index (χ4n) is 1.93. The highest BCUT2D eigenvalue weighted by Crippen LogP contribution is 2.29. The van der Waals surface area contributed by atoms with E-state index in [0.717, 1.165) is 10.4 Å². The molecule has 0 N–H and O–H groups in total. The molecule has 0 aromatic carbocycles. The van der Waals surface area contributed by atoms with Gasteiger partial charge in [0.05, 0.1) is 29.2 Å². The van der Waals surface area contributed by atoms with Gasteiger partial charge in [-0.25, -0.2) is 4.99 Å². The molecule has 0 fully saturated rings. The number of aliphatic imine (C=N–C) groups is 1. The minimum Gasteiger partial charge on any atom is -0.472 e. The SMILES string of the molecule is N#CC1C(=O)N=C(c2cccs2)C=C1c1ccoc1. The normalized spacial score (nSPS) is 18.7. The second-order valence-electron chi connectivity index (χ2n) is 3.99. The third-order valence-electron chi connectivity index (χ3n) is 2.84. The van der Waals surface area contributed by atoms with Gasteiger partial charge in [0.2, 0.25) is 0 Å². The summed E-state index contributed by atoms with van der Waals surface area (Å²) >= 11 is 1.51. The van der Waals surface area contributed by atoms with Gasteiger partial charge >= 0.3 is 0 Å². The van der Waals surface area contributed by atoms with E-state index in [1.807, 2.05) is 23.6 Å². The van der Waals surface area contributed by atoms with Gasteiger partial charge < -0.3 is 4.42 Å². The summed E-state index contributed by atoms with van der Waals surface area (Å²) in [6.45, 7) is 0. The predicted octanol–water partition coefficient (Wildman–Crippen LogP) is 2.89. The van der Waals surface area contributed by atoms with Crippen LogP contribution in [-0.2, 0) is 4.79 Å². The lowest BCUT2D eigenvalue weighted by atomic mass is 9.91. The van der Waals surface area contributed by atoms with Gasteiger partial charge in [-0.15, -0.1) is 11.3 Å². The van der Waals surface area contributed by atoms with Crippen molar-refractivity contribution < 1.29 is 9.21 Å². The highest BCUT2D eigenvalue weighted by Gasteiger charge is 2.29. The Labute approximate surface area is 113 Å². The topological polar surface area (TPSA) is 66.4 Å². The van der Waals surface area contributed by atoms with Crippen LogP contribution in [-0.4, -0.2) is 11.6 Å². The maximum atomic E-state index is 12.0. The number of hydrogen-bond acceptors (Lipinski definition) is 4. The van der Waals surface area contributed by atoms with Crippen molar-refractivity contribution in [1.82, 2.24) is 0 Å². The van der Waals surface area contributed by atoms with E-state index < -0.39 is 11.8 Å². The lowest BCUT2D eigenvalue weighted by molar-refractivity contribution is -0.118. The molecule has 92 valence electrons. The highest BCUT2D eigenvalue weighted by molar-refractivity contribution is 7.12. The van der Waals surface area contributed by atoms with Crippen LogP contribution in [0.1, 0.15) is 10.4 Å². The lowest BCUT2D eigenvalue weighted by Gasteiger charge is -2.14. The summed E-state index contributed by atoms with van der Waals surface area (Å²) in [5.41, 5.74) is 1.98. The van der Waals surface area contributed by atoms with Crippen LogP contribution >= 0.6 is 11.3 Å². The molecule has 1 aliphatic rings. The molecule has 19 heavy (non-hydrogen) atoms. The molecule has 4 nitrogen and oxygen atoms in total. The van der Waals surface area contributed by atoms with Gasteiger partial charge in [-0.05, 0) is 29.2 Å². The summed E-state index contributed by atoms with van der Waals surface area (Å²) in [5, 5.41) is 11.1. The summed E-state index contributed by atoms with van der Waals surface area (Å²) in [6, 6.07) is 7.52. The minimum atomic E-state index is -0.860. The first-order chi connectivity index (χ1) is 9.29. The largest absolute Gasteiger partial charge is 0.472 e. The van der Waals surface area contributed by atoms with E-state index in [4.69, 9.17) is 9.68 Å². The minimum absolute atomic E-state index is 0.426. The zero-order valence-corrected chi connectivity index (χ0v) is 10.6. The van der Waals surface area contributed by atoms with Gasteiger partial charge in [0.15, 0.2) is 5.92 Å². The van der Waals surface area contributed by atoms with Crippen LogP contribution in [0.15, 0.2) is 51.6 Å². The number of furan rings is 1. The summed E-state index contributed by atoms with van der Waals surface area (Å²) < 4.78 is 5.02. The van der Waals surface area contributed by atoms with Crippen molar-refractivity contribution >= 4 is 28.5 Å². The smallest absolute Gasteiger partial charge is 0.268 e. The quantitative estimate of drug-likeness (QED) is 0.841. The van der Waals surface area contributed by atoms with E-state index in [9.17, 15) is 4.79 Å². The van der Waals surface area contributed by atoms with Crippen molar-refractivity contribution in [2.75, 3.05) is 0 Å². The molecular formula is C14H8N2O2S. The van der Waals surface area contributed by atoms with E-state index in [0.29, 0.717) is 11.3 Å². The van der Waals surface area contributed by atoms with Crippen molar-refractivity contribution in [3.05, 3.63) is 52.6 Å². The van der Waals surface area contributed by atoms with Gasteiger partial charge in [-0.1, -0.05) is 6.07 Å². The number of carbonyl (C=O) groups excluding carboxylic acids is 1. The van der Waals surface area contributed by atoms with Crippen molar-refractivity contribution in [3.8, 4) is 6.07 Å². The molecule has 3 rings (SSSR count). The number of carbonyl (C=O) groups is 1. The van der Waals surface area contributed by atoms with E-state index in [1.54, 1.807) is 12.1 Å². The molecule has 2 aromatic heterocycles. The van der Waals surface area contributed by atoms with Crippen molar-refractivity contribution in [3.63, 3.8) is 0 Å². The summed E-state index contributed by atoms with van der Waals surface area (Å²) in [4.78, 5) is 16.9. The lowest BCUT2D eigenvalue weighted by Crippen LogP contribution is -2.19. The first-order valence-corrected chi connectivity index (χ1v) is 6.48. The number of rotatable bonds is 2. The van der Waals surface area contributed by atoms with Crippen molar-refractivity contribution in [1.29, 1.82) is 5.26 Å². The van der Waals surface area contributed by atoms with Gasteiger partial charge in [0, 0.05) is 5.56 Å². The van der Waals surface area contributed by atoms with E-state index >= 15 is 0 Å². The van der Waals surface area contributed by atoms with Gasteiger partial charge in [0.1, 0.15) is 0 Å². The molecule has 0 bridgehead atoms. The summed E-state index contributed by atoms with van der Waals surface area (Å²) in [5.74, 6) is -1.29. The van der Waals surface area contributed by atoms with Crippen LogP contribution in [0.25, 0.3) is 5.57 Å². The number of allylic oxidation sites excluding steroid dienone is 1. The van der Waals surface area contributed by atoms with E-state index in [2.05, 4.69) is 4.99 Å². The van der Waals surface area contributed by atoms with Crippen molar-refractivity contribution in [2.45, 2.75) is 0 Å². The predicted molar refractivity (Wildman–Crippen MR) is 71.7 cm³/mol. The fourth-order valence-corrected chi connectivity index (χ4v) is 2.62. The number of amides is 1. The molecule has 1 aliphatic heterocycles. The van der Waals surface area contributed by atoms with Crippen molar-refractivity contribution in [2.24, 2.45) is 10.9 Å². The number of nitrogens with zero attached hydrogens (tertiary/aromatic N) is 2. The summed E-state index contributed by atoms with van der Waals surface area (Å²) in [7, 11) is 0. The maximum Gasteiger partial charge on any atom is 0.268 e. The Balaban J connectivity index is 2.11. The fraction of sp³-hybridized carbons (Fsp3) is 0.0714. The Morgan fingerprint density at radius 3 is 2.95 bits per heavy atom. The average molecular weight is 268 g/mol. The Hall–Kier alpha value is -2.45. The van der Waals surface area contributed by atoms with Gasteiger partial charge in [0.25, 0.3) is 5.91 Å². The molecule has 0 spiro atoms. The number of thiophene rings is 1. The van der Waals surface area contributed by atoms with Gasteiger partial charge in [-0.2, -0.15) is 5.26 Å². The third-order valence-corrected chi connectivity index (χ3v) is 3.73. The van der Waals surface area contributed by atoms with Crippen LogP contribution in [0.2, 0.25) is 0 Å². The Kier molecular flexibility index (Phi) is 2.86. The standard InChI is InChI=1S/C14H8N2O2S/c15-7-11-10(9-3-4-18-8-9)6-12(16-14(11)17)13-2-1-5-19-13/h1-6,8,11H. The zero-order chi connectivity index (χ0) is 13.2. The molecule has 3 heterocycles. The number of hydrogen-bond donors (Lipinski definition) is 0. The maximum absolute atomic E-state index is 12.0. The average Bonchev–Trinajstić information content (AvgIpc) is 3.11. The van der Waals surface area contributed by atoms with E-state index in [1.165, 1.54) is 23.9 Å². The highest BCUT2D eigenvalue weighted by atomic mass is 32.1. The number of dihydropyridines is 1. The number of nitriles is 1. The molecule has 1 atom stereocenters. The van der Waals surface area contributed by atoms with Crippen LogP contribution in [0.3, 0.4) is 0 Å². The van der Waals surface area contributed by atoms with Crippen LogP contribution in [0.4, 0.5) is 0 Å². The first kappa shape index (κ1) is 11.6. The second kappa shape index (κ2) is 4.67. The van der Waals surface area contributed by atoms with Crippen LogP contribution in [0.5, 0.6) is 0 Å². The molecule has 1 amide bonds. The Morgan fingerprint density at radius 2 is 2.32 bits per heavy atom. The summed E-state index contributed by atoms with van der Waals surface area (Å²) in [6.07, 6.45) is 4.83. The molecule has 0 saturated carbocycles. The molecule has 0 aliphatic carbocycles. The second-order valence-corrected chi connectivity index (χ2v) is 4.93. The first-order valence-electron chi connectivity index (χ1n) is 5.60. The Morgan fingerprint density at radius 1 is 1.42 bits per heavy atom. The van der Waals surface area contributed by atoms with E-state index in [-0.39, 0.29) is 0 Å². The van der Waals surface area contributed by atoms with Crippen LogP contribution in [0, 0.1) is 17.2 Å². The molecule has 5 heteroatoms. The zero-order valence-electron chi connectivity index (χ0n) is 9.74. The monoisotopic (exact) mass is 268 g/mol. The van der Waals surface area contributed by atoms with Crippen LogP contribution < -0.4 is 0 Å². The molecule has 1 unspecified atom stereocenters. The molecule has 0 saturated heterocycles. The van der Waals surface area contributed by atoms with Gasteiger partial charge in [-0.3, -0.25) is 4.79 Å². The third kappa shape index (κ3) is 2.02. The molecule has 2 aromatic rings.